The molecule has 0 unspecified atom stereocenters. The average Bonchev–Trinajstić information content (AvgIpc) is 2.92. The maximum Gasteiger partial charge on any atom is 0.250 e. The summed E-state index contributed by atoms with van der Waals surface area (Å²) in [6.45, 7) is 0.455. The van der Waals surface area contributed by atoms with E-state index in [2.05, 4.69) is 4.72 Å². The molecule has 3 nitrogen and oxygen atoms in total. The van der Waals surface area contributed by atoms with Crippen LogP contribution in [0.1, 0.15) is 32.1 Å². The molecule has 1 aromatic heterocycles. The van der Waals surface area contributed by atoms with Gasteiger partial charge in [0.1, 0.15) is 4.21 Å². The van der Waals surface area contributed by atoms with Gasteiger partial charge in [0, 0.05) is 12.4 Å². The zero-order valence-electron chi connectivity index (χ0n) is 10.2. The number of thiophene rings is 1. The Hall–Kier alpha value is -0.100. The highest BCUT2D eigenvalue weighted by Gasteiger charge is 2.32. The van der Waals surface area contributed by atoms with Crippen LogP contribution in [-0.2, 0) is 10.0 Å². The van der Waals surface area contributed by atoms with Crippen LogP contribution >= 0.6 is 22.9 Å². The number of halogens is 1. The van der Waals surface area contributed by atoms with E-state index in [1.165, 1.54) is 17.8 Å². The molecule has 1 saturated carbocycles. The van der Waals surface area contributed by atoms with Crippen molar-refractivity contribution >= 4 is 33.0 Å². The van der Waals surface area contributed by atoms with Crippen molar-refractivity contribution < 1.29 is 8.42 Å². The Kier molecular flexibility index (Phi) is 4.69. The first kappa shape index (κ1) is 14.3. The van der Waals surface area contributed by atoms with E-state index in [1.54, 1.807) is 17.5 Å². The molecule has 1 heterocycles. The van der Waals surface area contributed by atoms with E-state index in [0.717, 1.165) is 25.7 Å². The molecule has 0 saturated heterocycles. The molecular formula is C12H18ClNO2S2. The van der Waals surface area contributed by atoms with Crippen LogP contribution in [0.25, 0.3) is 0 Å². The first-order valence-corrected chi connectivity index (χ1v) is 9.07. The lowest BCUT2D eigenvalue weighted by atomic mass is 9.76. The Morgan fingerprint density at radius 1 is 1.33 bits per heavy atom. The van der Waals surface area contributed by atoms with Gasteiger partial charge in [-0.2, -0.15) is 0 Å². The molecule has 1 aromatic rings. The van der Waals surface area contributed by atoms with Gasteiger partial charge in [-0.15, -0.1) is 22.9 Å². The summed E-state index contributed by atoms with van der Waals surface area (Å²) in [5, 5.41) is 1.77. The van der Waals surface area contributed by atoms with Crippen molar-refractivity contribution in [3.05, 3.63) is 17.5 Å². The van der Waals surface area contributed by atoms with Crippen LogP contribution in [0.15, 0.2) is 21.7 Å². The smallest absolute Gasteiger partial charge is 0.210 e. The van der Waals surface area contributed by atoms with Gasteiger partial charge in [-0.1, -0.05) is 25.3 Å². The van der Waals surface area contributed by atoms with E-state index in [-0.39, 0.29) is 5.41 Å². The zero-order chi connectivity index (χ0) is 13.1. The van der Waals surface area contributed by atoms with Crippen LogP contribution < -0.4 is 4.72 Å². The molecule has 1 fully saturated rings. The number of alkyl halides is 1. The van der Waals surface area contributed by atoms with Crippen LogP contribution in [0.3, 0.4) is 0 Å². The lowest BCUT2D eigenvalue weighted by Crippen LogP contribution is -2.40. The van der Waals surface area contributed by atoms with Crippen LogP contribution in [-0.4, -0.2) is 20.8 Å². The largest absolute Gasteiger partial charge is 0.250 e. The molecule has 0 aliphatic heterocycles. The average molecular weight is 308 g/mol. The van der Waals surface area contributed by atoms with E-state index in [4.69, 9.17) is 11.6 Å². The molecule has 1 N–H and O–H groups in total. The quantitative estimate of drug-likeness (QED) is 0.849. The minimum atomic E-state index is -3.35. The summed E-state index contributed by atoms with van der Waals surface area (Å²) < 4.78 is 27.2. The van der Waals surface area contributed by atoms with E-state index in [1.807, 2.05) is 0 Å². The molecule has 0 aromatic carbocycles. The van der Waals surface area contributed by atoms with Crippen molar-refractivity contribution in [3.63, 3.8) is 0 Å². The van der Waals surface area contributed by atoms with Gasteiger partial charge in [0.2, 0.25) is 10.0 Å². The maximum absolute atomic E-state index is 12.1. The van der Waals surface area contributed by atoms with Gasteiger partial charge in [-0.25, -0.2) is 13.1 Å². The van der Waals surface area contributed by atoms with Gasteiger partial charge >= 0.3 is 0 Å². The lowest BCUT2D eigenvalue weighted by molar-refractivity contribution is 0.224. The predicted octanol–water partition coefficient (Wildman–Crippen LogP) is 3.22. The Labute approximate surface area is 118 Å². The number of nitrogens with one attached hydrogen (secondary N) is 1. The normalized spacial score (nSPS) is 19.8. The number of hydrogen-bond donors (Lipinski definition) is 1. The Morgan fingerprint density at radius 2 is 2.06 bits per heavy atom. The molecule has 0 radical (unpaired) electrons. The molecule has 1 aliphatic carbocycles. The third-order valence-corrected chi connectivity index (χ3v) is 6.96. The van der Waals surface area contributed by atoms with Gasteiger partial charge in [-0.05, 0) is 29.7 Å². The van der Waals surface area contributed by atoms with Crippen LogP contribution in [0.4, 0.5) is 0 Å². The predicted molar refractivity (Wildman–Crippen MR) is 75.7 cm³/mol. The first-order chi connectivity index (χ1) is 8.58. The van der Waals surface area contributed by atoms with E-state index < -0.39 is 10.0 Å². The van der Waals surface area contributed by atoms with Crippen LogP contribution in [0.2, 0.25) is 0 Å². The van der Waals surface area contributed by atoms with Crippen LogP contribution in [0, 0.1) is 5.41 Å². The fraction of sp³-hybridized carbons (Fsp3) is 0.667. The molecule has 0 bridgehead atoms. The highest BCUT2D eigenvalue weighted by atomic mass is 35.5. The van der Waals surface area contributed by atoms with Crippen molar-refractivity contribution in [2.24, 2.45) is 5.41 Å². The minimum absolute atomic E-state index is 0.0515. The summed E-state index contributed by atoms with van der Waals surface area (Å²) >= 11 is 7.30. The number of sulfonamides is 1. The summed E-state index contributed by atoms with van der Waals surface area (Å²) in [4.78, 5) is 0. The second kappa shape index (κ2) is 5.90. The van der Waals surface area contributed by atoms with E-state index in [0.29, 0.717) is 16.6 Å². The van der Waals surface area contributed by atoms with Crippen LogP contribution in [0.5, 0.6) is 0 Å². The Balaban J connectivity index is 2.02. The molecule has 0 spiro atoms. The number of hydrogen-bond acceptors (Lipinski definition) is 3. The molecule has 1 aliphatic rings. The molecular weight excluding hydrogens is 290 g/mol. The molecule has 2 rings (SSSR count). The third kappa shape index (κ3) is 3.26. The van der Waals surface area contributed by atoms with Gasteiger partial charge < -0.3 is 0 Å². The maximum atomic E-state index is 12.1. The molecule has 0 atom stereocenters. The van der Waals surface area contributed by atoms with Crippen molar-refractivity contribution in [1.29, 1.82) is 0 Å². The summed E-state index contributed by atoms with van der Waals surface area (Å²) in [6, 6.07) is 3.37. The monoisotopic (exact) mass is 307 g/mol. The number of rotatable bonds is 5. The molecule has 6 heteroatoms. The molecule has 102 valence electrons. The Bertz CT molecular complexity index is 464. The van der Waals surface area contributed by atoms with Crippen molar-refractivity contribution in [2.75, 3.05) is 12.4 Å². The minimum Gasteiger partial charge on any atom is -0.210 e. The van der Waals surface area contributed by atoms with Crippen molar-refractivity contribution in [2.45, 2.75) is 36.3 Å². The zero-order valence-corrected chi connectivity index (χ0v) is 12.6. The van der Waals surface area contributed by atoms with Crippen molar-refractivity contribution in [3.8, 4) is 0 Å². The van der Waals surface area contributed by atoms with Gasteiger partial charge in [-0.3, -0.25) is 0 Å². The SMILES string of the molecule is O=S(=O)(NCC1(CCl)CCCCC1)c1cccs1. The van der Waals surface area contributed by atoms with Gasteiger partial charge in [0.25, 0.3) is 0 Å². The summed E-state index contributed by atoms with van der Waals surface area (Å²) in [5.74, 6) is 0.528. The van der Waals surface area contributed by atoms with Crippen molar-refractivity contribution in [1.82, 2.24) is 4.72 Å². The lowest BCUT2D eigenvalue weighted by Gasteiger charge is -2.35. The molecule has 0 amide bonds. The fourth-order valence-electron chi connectivity index (χ4n) is 2.40. The van der Waals surface area contributed by atoms with E-state index >= 15 is 0 Å². The standard InChI is InChI=1S/C12H18ClNO2S2/c13-9-12(6-2-1-3-7-12)10-14-18(15,16)11-5-4-8-17-11/h4-5,8,14H,1-3,6-7,9-10H2. The first-order valence-electron chi connectivity index (χ1n) is 6.17. The fourth-order valence-corrected chi connectivity index (χ4v) is 4.95. The second-order valence-electron chi connectivity index (χ2n) is 4.95. The topological polar surface area (TPSA) is 46.2 Å². The summed E-state index contributed by atoms with van der Waals surface area (Å²) in [6.07, 6.45) is 5.56. The molecule has 18 heavy (non-hydrogen) atoms. The highest BCUT2D eigenvalue weighted by Crippen LogP contribution is 2.37. The Morgan fingerprint density at radius 3 is 2.61 bits per heavy atom. The second-order valence-corrected chi connectivity index (χ2v) is 8.16. The third-order valence-electron chi connectivity index (χ3n) is 3.59. The summed E-state index contributed by atoms with van der Waals surface area (Å²) in [7, 11) is -3.35. The van der Waals surface area contributed by atoms with Gasteiger partial charge in [0.05, 0.1) is 0 Å². The summed E-state index contributed by atoms with van der Waals surface area (Å²) in [5.41, 5.74) is -0.0515. The highest BCUT2D eigenvalue weighted by molar-refractivity contribution is 7.91. The van der Waals surface area contributed by atoms with E-state index in [9.17, 15) is 8.42 Å². The van der Waals surface area contributed by atoms with Gasteiger partial charge in [0.15, 0.2) is 0 Å².